The maximum absolute atomic E-state index is 6.20. The van der Waals surface area contributed by atoms with Crippen LogP contribution in [0.15, 0.2) is 24.3 Å². The zero-order chi connectivity index (χ0) is 14.3. The largest absolute Gasteiger partial charge is 0.496 e. The molecule has 4 nitrogen and oxygen atoms in total. The summed E-state index contributed by atoms with van der Waals surface area (Å²) in [6, 6.07) is 7.76. The number of methoxy groups -OCH3 is 2. The van der Waals surface area contributed by atoms with Gasteiger partial charge in [-0.05, 0) is 19.4 Å². The third-order valence-electron chi connectivity index (χ3n) is 3.09. The van der Waals surface area contributed by atoms with Crippen LogP contribution in [0.5, 0.6) is 5.75 Å². The Morgan fingerprint density at radius 2 is 1.89 bits per heavy atom. The molecule has 0 amide bonds. The van der Waals surface area contributed by atoms with E-state index in [4.69, 9.17) is 19.9 Å². The van der Waals surface area contributed by atoms with E-state index in [0.717, 1.165) is 17.7 Å². The highest BCUT2D eigenvalue weighted by Gasteiger charge is 2.24. The highest BCUT2D eigenvalue weighted by molar-refractivity contribution is 5.36. The Kier molecular flexibility index (Phi) is 6.84. The first-order chi connectivity index (χ1) is 9.13. The Morgan fingerprint density at radius 1 is 1.21 bits per heavy atom. The molecule has 0 heterocycles. The third kappa shape index (κ3) is 4.49. The molecule has 19 heavy (non-hydrogen) atoms. The van der Waals surface area contributed by atoms with Crippen molar-refractivity contribution in [3.8, 4) is 5.75 Å². The molecule has 0 aromatic heterocycles. The molecule has 4 heteroatoms. The molecule has 0 spiro atoms. The number of hydrogen-bond donors (Lipinski definition) is 1. The fourth-order valence-corrected chi connectivity index (χ4v) is 2.04. The summed E-state index contributed by atoms with van der Waals surface area (Å²) in [6.07, 6.45) is 0.631. The van der Waals surface area contributed by atoms with Gasteiger partial charge in [-0.3, -0.25) is 0 Å². The normalized spacial score (nSPS) is 15.8. The Balaban J connectivity index is 2.95. The molecule has 0 saturated heterocycles. The van der Waals surface area contributed by atoms with Crippen molar-refractivity contribution in [2.75, 3.05) is 20.8 Å². The lowest BCUT2D eigenvalue weighted by molar-refractivity contribution is -0.0514. The lowest BCUT2D eigenvalue weighted by Crippen LogP contribution is -2.33. The molecule has 0 fully saturated rings. The highest BCUT2D eigenvalue weighted by Crippen LogP contribution is 2.31. The van der Waals surface area contributed by atoms with Gasteiger partial charge in [0, 0.05) is 18.7 Å². The highest BCUT2D eigenvalue weighted by atomic mass is 16.5. The van der Waals surface area contributed by atoms with Gasteiger partial charge in [-0.15, -0.1) is 0 Å². The van der Waals surface area contributed by atoms with Crippen molar-refractivity contribution in [3.63, 3.8) is 0 Å². The lowest BCUT2D eigenvalue weighted by Gasteiger charge is -2.28. The van der Waals surface area contributed by atoms with Crippen molar-refractivity contribution in [1.29, 1.82) is 0 Å². The van der Waals surface area contributed by atoms with Crippen molar-refractivity contribution in [2.24, 2.45) is 5.73 Å². The molecule has 0 aliphatic carbocycles. The van der Waals surface area contributed by atoms with Gasteiger partial charge < -0.3 is 19.9 Å². The van der Waals surface area contributed by atoms with Crippen LogP contribution in [-0.2, 0) is 9.47 Å². The molecule has 108 valence electrons. The molecule has 1 rings (SSSR count). The molecule has 0 radical (unpaired) electrons. The number of rotatable bonds is 8. The monoisotopic (exact) mass is 267 g/mol. The minimum atomic E-state index is -0.189. The Hall–Kier alpha value is -1.10. The fraction of sp³-hybridized carbons (Fsp3) is 0.600. The van der Waals surface area contributed by atoms with E-state index in [1.807, 2.05) is 31.2 Å². The second kappa shape index (κ2) is 8.15. The molecule has 0 saturated carbocycles. The van der Waals surface area contributed by atoms with Crippen molar-refractivity contribution in [2.45, 2.75) is 38.5 Å². The topological polar surface area (TPSA) is 53.7 Å². The van der Waals surface area contributed by atoms with Crippen LogP contribution in [0.1, 0.15) is 31.9 Å². The van der Waals surface area contributed by atoms with Crippen LogP contribution < -0.4 is 10.5 Å². The Morgan fingerprint density at radius 3 is 2.47 bits per heavy atom. The van der Waals surface area contributed by atoms with E-state index in [1.165, 1.54) is 0 Å². The van der Waals surface area contributed by atoms with Gasteiger partial charge >= 0.3 is 0 Å². The zero-order valence-electron chi connectivity index (χ0n) is 12.3. The molecular weight excluding hydrogens is 242 g/mol. The van der Waals surface area contributed by atoms with Gasteiger partial charge in [0.05, 0.1) is 19.8 Å². The number of para-hydroxylation sites is 1. The lowest BCUT2D eigenvalue weighted by atomic mass is 9.99. The van der Waals surface area contributed by atoms with E-state index in [1.54, 1.807) is 14.2 Å². The van der Waals surface area contributed by atoms with Crippen molar-refractivity contribution in [1.82, 2.24) is 0 Å². The summed E-state index contributed by atoms with van der Waals surface area (Å²) in [4.78, 5) is 0. The number of ether oxygens (including phenoxy) is 3. The zero-order valence-corrected chi connectivity index (χ0v) is 12.3. The van der Waals surface area contributed by atoms with E-state index in [9.17, 15) is 0 Å². The maximum Gasteiger partial charge on any atom is 0.124 e. The molecule has 0 aliphatic heterocycles. The third-order valence-corrected chi connectivity index (χ3v) is 3.09. The standard InChI is InChI=1S/C15H25NO3/c1-5-13(16)15(19-11(2)10-17-3)12-8-6-7-9-14(12)18-4/h6-9,11,13,15H,5,10,16H2,1-4H3. The summed E-state index contributed by atoms with van der Waals surface area (Å²) in [6.45, 7) is 4.58. The molecule has 1 aromatic carbocycles. The molecule has 1 aromatic rings. The summed E-state index contributed by atoms with van der Waals surface area (Å²) in [5, 5.41) is 0. The van der Waals surface area contributed by atoms with Gasteiger partial charge in [-0.1, -0.05) is 25.1 Å². The van der Waals surface area contributed by atoms with Gasteiger partial charge in [0.25, 0.3) is 0 Å². The predicted molar refractivity (Wildman–Crippen MR) is 76.4 cm³/mol. The Bertz CT molecular complexity index is 370. The molecule has 0 aliphatic rings. The number of nitrogens with two attached hydrogens (primary N) is 1. The second-order valence-corrected chi connectivity index (χ2v) is 4.64. The van der Waals surface area contributed by atoms with Gasteiger partial charge in [0.1, 0.15) is 11.9 Å². The van der Waals surface area contributed by atoms with E-state index < -0.39 is 0 Å². The number of hydrogen-bond acceptors (Lipinski definition) is 4. The molecule has 2 N–H and O–H groups in total. The van der Waals surface area contributed by atoms with E-state index in [-0.39, 0.29) is 18.2 Å². The summed E-state index contributed by atoms with van der Waals surface area (Å²) < 4.78 is 16.6. The van der Waals surface area contributed by atoms with Crippen molar-refractivity contribution < 1.29 is 14.2 Å². The van der Waals surface area contributed by atoms with Crippen LogP contribution in [0, 0.1) is 0 Å². The SMILES string of the molecule is CCC(N)C(OC(C)COC)c1ccccc1OC. The molecular formula is C15H25NO3. The predicted octanol–water partition coefficient (Wildman–Crippen LogP) is 2.53. The summed E-state index contributed by atoms with van der Waals surface area (Å²) >= 11 is 0. The van der Waals surface area contributed by atoms with Gasteiger partial charge in [-0.25, -0.2) is 0 Å². The van der Waals surface area contributed by atoms with Crippen LogP contribution in [-0.4, -0.2) is 33.0 Å². The quantitative estimate of drug-likeness (QED) is 0.786. The van der Waals surface area contributed by atoms with Crippen molar-refractivity contribution >= 4 is 0 Å². The van der Waals surface area contributed by atoms with Gasteiger partial charge in [0.15, 0.2) is 0 Å². The smallest absolute Gasteiger partial charge is 0.124 e. The van der Waals surface area contributed by atoms with Crippen LogP contribution >= 0.6 is 0 Å². The molecule has 3 atom stereocenters. The van der Waals surface area contributed by atoms with Crippen LogP contribution in [0.4, 0.5) is 0 Å². The summed E-state index contributed by atoms with van der Waals surface area (Å²) in [5.74, 6) is 0.806. The summed E-state index contributed by atoms with van der Waals surface area (Å²) in [5.41, 5.74) is 7.18. The van der Waals surface area contributed by atoms with E-state index in [2.05, 4.69) is 6.92 Å². The average Bonchev–Trinajstić information content (AvgIpc) is 2.44. The van der Waals surface area contributed by atoms with Gasteiger partial charge in [-0.2, -0.15) is 0 Å². The number of benzene rings is 1. The van der Waals surface area contributed by atoms with E-state index >= 15 is 0 Å². The minimum Gasteiger partial charge on any atom is -0.496 e. The minimum absolute atomic E-state index is 0.0162. The first kappa shape index (κ1) is 16.0. The van der Waals surface area contributed by atoms with Crippen molar-refractivity contribution in [3.05, 3.63) is 29.8 Å². The summed E-state index contributed by atoms with van der Waals surface area (Å²) in [7, 11) is 3.32. The fourth-order valence-electron chi connectivity index (χ4n) is 2.04. The molecule has 3 unspecified atom stereocenters. The maximum atomic E-state index is 6.20. The van der Waals surface area contributed by atoms with Crippen LogP contribution in [0.2, 0.25) is 0 Å². The van der Waals surface area contributed by atoms with Crippen LogP contribution in [0.3, 0.4) is 0 Å². The molecule has 0 bridgehead atoms. The average molecular weight is 267 g/mol. The van der Waals surface area contributed by atoms with Crippen LogP contribution in [0.25, 0.3) is 0 Å². The van der Waals surface area contributed by atoms with E-state index in [0.29, 0.717) is 6.61 Å². The first-order valence-corrected chi connectivity index (χ1v) is 6.66. The first-order valence-electron chi connectivity index (χ1n) is 6.66. The second-order valence-electron chi connectivity index (χ2n) is 4.64. The Labute approximate surface area is 115 Å². The van der Waals surface area contributed by atoms with Gasteiger partial charge in [0.2, 0.25) is 0 Å².